The van der Waals surface area contributed by atoms with Gasteiger partial charge in [-0.05, 0) is 46.3 Å². The number of nitrogens with zero attached hydrogens (tertiary/aromatic N) is 3. The van der Waals surface area contributed by atoms with Crippen LogP contribution in [0.5, 0.6) is 0 Å². The first-order valence-corrected chi connectivity index (χ1v) is 6.75. The summed E-state index contributed by atoms with van der Waals surface area (Å²) in [5.41, 5.74) is 5.48. The Bertz CT molecular complexity index is 388. The Morgan fingerprint density at radius 1 is 1.53 bits per heavy atom. The summed E-state index contributed by atoms with van der Waals surface area (Å²) in [7, 11) is 2.12. The summed E-state index contributed by atoms with van der Waals surface area (Å²) in [6.07, 6.45) is 3.78. The molecule has 0 aliphatic carbocycles. The topological polar surface area (TPSA) is 76.2 Å². The van der Waals surface area contributed by atoms with Crippen LogP contribution in [0.25, 0.3) is 0 Å². The largest absolute Gasteiger partial charge is 0.382 e. The van der Waals surface area contributed by atoms with Crippen LogP contribution in [0.15, 0.2) is 12.3 Å². The van der Waals surface area contributed by atoms with Crippen molar-refractivity contribution >= 4 is 11.7 Å². The monoisotopic (exact) mass is 267 g/mol. The normalized spacial score (nSPS) is 11.2. The number of aromatic nitrogens is 2. The molecular weight excluding hydrogens is 242 g/mol. The minimum atomic E-state index is -0.0275. The Balaban J connectivity index is 2.08. The van der Waals surface area contributed by atoms with Crippen molar-refractivity contribution in [1.29, 1.82) is 0 Å². The molecule has 1 aromatic heterocycles. The molecule has 0 aliphatic rings. The summed E-state index contributed by atoms with van der Waals surface area (Å²) >= 11 is 0. The van der Waals surface area contributed by atoms with Gasteiger partial charge in [-0.15, -0.1) is 0 Å². The number of amides is 1. The van der Waals surface area contributed by atoms with Gasteiger partial charge in [0.05, 0.1) is 0 Å². The molecule has 19 heavy (non-hydrogen) atoms. The molecule has 0 bridgehead atoms. The van der Waals surface area contributed by atoms with Gasteiger partial charge in [0.2, 0.25) is 5.91 Å². The zero-order valence-electron chi connectivity index (χ0n) is 12.1. The summed E-state index contributed by atoms with van der Waals surface area (Å²) < 4.78 is 1.54. The molecule has 0 aromatic carbocycles. The van der Waals surface area contributed by atoms with Crippen molar-refractivity contribution in [3.8, 4) is 0 Å². The van der Waals surface area contributed by atoms with Gasteiger partial charge < -0.3 is 16.0 Å². The number of unbranched alkanes of at least 4 members (excludes halogenated alkanes) is 1. The van der Waals surface area contributed by atoms with Gasteiger partial charge in [-0.1, -0.05) is 0 Å². The van der Waals surface area contributed by atoms with E-state index >= 15 is 0 Å². The molecule has 0 fully saturated rings. The third-order valence-corrected chi connectivity index (χ3v) is 3.11. The van der Waals surface area contributed by atoms with Crippen molar-refractivity contribution < 1.29 is 4.79 Å². The maximum atomic E-state index is 11.6. The number of hydrogen-bond acceptors (Lipinski definition) is 4. The average Bonchev–Trinajstić information content (AvgIpc) is 2.73. The molecule has 0 saturated carbocycles. The molecule has 0 atom stereocenters. The number of carbonyl (C=O) groups is 1. The fourth-order valence-electron chi connectivity index (χ4n) is 1.64. The first-order chi connectivity index (χ1) is 8.99. The van der Waals surface area contributed by atoms with E-state index in [0.29, 0.717) is 18.4 Å². The van der Waals surface area contributed by atoms with Crippen molar-refractivity contribution in [2.24, 2.45) is 0 Å². The highest BCUT2D eigenvalue weighted by Crippen LogP contribution is 1.98. The van der Waals surface area contributed by atoms with Crippen LogP contribution in [0.2, 0.25) is 0 Å². The number of hydrogen-bond donors (Lipinski definition) is 2. The Hall–Kier alpha value is -1.56. The van der Waals surface area contributed by atoms with E-state index in [1.54, 1.807) is 12.3 Å². The Morgan fingerprint density at radius 2 is 2.26 bits per heavy atom. The zero-order chi connectivity index (χ0) is 14.3. The molecule has 3 N–H and O–H groups in total. The zero-order valence-corrected chi connectivity index (χ0v) is 12.1. The quantitative estimate of drug-likeness (QED) is 0.680. The molecule has 0 saturated heterocycles. The summed E-state index contributed by atoms with van der Waals surface area (Å²) in [6, 6.07) is 2.24. The lowest BCUT2D eigenvalue weighted by Crippen LogP contribution is -2.30. The first-order valence-electron chi connectivity index (χ1n) is 6.75. The van der Waals surface area contributed by atoms with Gasteiger partial charge in [0.25, 0.3) is 0 Å². The van der Waals surface area contributed by atoms with E-state index in [1.807, 2.05) is 0 Å². The number of rotatable bonds is 8. The Kier molecular flexibility index (Phi) is 6.35. The predicted octanol–water partition coefficient (Wildman–Crippen LogP) is 0.702. The summed E-state index contributed by atoms with van der Waals surface area (Å²) in [5.74, 6) is 0.407. The summed E-state index contributed by atoms with van der Waals surface area (Å²) in [5, 5.41) is 6.85. The van der Waals surface area contributed by atoms with Crippen LogP contribution in [0.3, 0.4) is 0 Å². The third-order valence-electron chi connectivity index (χ3n) is 3.11. The van der Waals surface area contributed by atoms with Crippen molar-refractivity contribution in [2.75, 3.05) is 25.9 Å². The standard InChI is InChI=1S/C13H25N5O/c1-11(2)17(3)8-5-4-7-15-13(19)10-18-9-6-12(14)16-18/h6,9,11H,4-5,7-8,10H2,1-3H3,(H2,14,16)(H,15,19). The number of nitrogens with two attached hydrogens (primary N) is 1. The number of anilines is 1. The molecule has 0 aliphatic heterocycles. The number of nitrogens with one attached hydrogen (secondary N) is 1. The Labute approximate surface area is 114 Å². The highest BCUT2D eigenvalue weighted by atomic mass is 16.2. The van der Waals surface area contributed by atoms with Crippen LogP contribution in [-0.2, 0) is 11.3 Å². The van der Waals surface area contributed by atoms with Crippen LogP contribution < -0.4 is 11.1 Å². The summed E-state index contributed by atoms with van der Waals surface area (Å²) in [4.78, 5) is 13.9. The second-order valence-electron chi connectivity index (χ2n) is 5.07. The van der Waals surface area contributed by atoms with Gasteiger partial charge in [-0.2, -0.15) is 5.10 Å². The van der Waals surface area contributed by atoms with E-state index in [4.69, 9.17) is 5.73 Å². The average molecular weight is 267 g/mol. The SMILES string of the molecule is CC(C)N(C)CCCCNC(=O)Cn1ccc(N)n1. The number of carbonyl (C=O) groups excluding carboxylic acids is 1. The molecule has 0 unspecified atom stereocenters. The van der Waals surface area contributed by atoms with E-state index < -0.39 is 0 Å². The molecule has 6 nitrogen and oxygen atoms in total. The number of nitrogen functional groups attached to an aromatic ring is 1. The van der Waals surface area contributed by atoms with Gasteiger partial charge >= 0.3 is 0 Å². The van der Waals surface area contributed by atoms with Gasteiger partial charge in [-0.25, -0.2) is 0 Å². The lowest BCUT2D eigenvalue weighted by atomic mass is 10.2. The van der Waals surface area contributed by atoms with Crippen molar-refractivity contribution in [3.05, 3.63) is 12.3 Å². The molecule has 1 rings (SSSR count). The van der Waals surface area contributed by atoms with Gasteiger partial charge in [0.1, 0.15) is 12.4 Å². The lowest BCUT2D eigenvalue weighted by molar-refractivity contribution is -0.121. The first kappa shape index (κ1) is 15.5. The smallest absolute Gasteiger partial charge is 0.241 e. The van der Waals surface area contributed by atoms with Gasteiger partial charge in [-0.3, -0.25) is 9.48 Å². The van der Waals surface area contributed by atoms with Gasteiger partial charge in [0, 0.05) is 18.8 Å². The molecule has 1 aromatic rings. The predicted molar refractivity (Wildman–Crippen MR) is 76.6 cm³/mol. The second kappa shape index (κ2) is 7.78. The highest BCUT2D eigenvalue weighted by molar-refractivity contribution is 5.75. The van der Waals surface area contributed by atoms with E-state index in [9.17, 15) is 4.79 Å². The van der Waals surface area contributed by atoms with E-state index in [2.05, 4.69) is 36.2 Å². The van der Waals surface area contributed by atoms with Crippen molar-refractivity contribution in [1.82, 2.24) is 20.0 Å². The van der Waals surface area contributed by atoms with Gasteiger partial charge in [0.15, 0.2) is 0 Å². The molecule has 108 valence electrons. The summed E-state index contributed by atoms with van der Waals surface area (Å²) in [6.45, 7) is 6.35. The van der Waals surface area contributed by atoms with E-state index in [-0.39, 0.29) is 12.5 Å². The molecule has 0 radical (unpaired) electrons. The van der Waals surface area contributed by atoms with E-state index in [0.717, 1.165) is 19.4 Å². The molecular formula is C13H25N5O. The minimum Gasteiger partial charge on any atom is -0.382 e. The fraction of sp³-hybridized carbons (Fsp3) is 0.692. The van der Waals surface area contributed by atoms with Crippen LogP contribution in [0, 0.1) is 0 Å². The molecule has 0 spiro atoms. The lowest BCUT2D eigenvalue weighted by Gasteiger charge is -2.20. The van der Waals surface area contributed by atoms with Crippen LogP contribution in [-0.4, -0.2) is 46.8 Å². The maximum absolute atomic E-state index is 11.6. The highest BCUT2D eigenvalue weighted by Gasteiger charge is 2.04. The third kappa shape index (κ3) is 6.24. The molecule has 6 heteroatoms. The van der Waals surface area contributed by atoms with Crippen LogP contribution >= 0.6 is 0 Å². The molecule has 1 amide bonds. The fourth-order valence-corrected chi connectivity index (χ4v) is 1.64. The van der Waals surface area contributed by atoms with E-state index in [1.165, 1.54) is 4.68 Å². The van der Waals surface area contributed by atoms with Crippen LogP contribution in [0.4, 0.5) is 5.82 Å². The minimum absolute atomic E-state index is 0.0275. The van der Waals surface area contributed by atoms with Crippen molar-refractivity contribution in [2.45, 2.75) is 39.3 Å². The van der Waals surface area contributed by atoms with Crippen LogP contribution in [0.1, 0.15) is 26.7 Å². The molecule has 1 heterocycles. The second-order valence-corrected chi connectivity index (χ2v) is 5.07. The Morgan fingerprint density at radius 3 is 2.84 bits per heavy atom. The maximum Gasteiger partial charge on any atom is 0.241 e. The van der Waals surface area contributed by atoms with Crippen molar-refractivity contribution in [3.63, 3.8) is 0 Å².